The van der Waals surface area contributed by atoms with Gasteiger partial charge in [-0.3, -0.25) is 4.79 Å². The second-order valence-corrected chi connectivity index (χ2v) is 7.51. The average molecular weight is 376 g/mol. The Bertz CT molecular complexity index is 936. The first-order valence-corrected chi connectivity index (χ1v) is 9.66. The molecule has 0 radical (unpaired) electrons. The summed E-state index contributed by atoms with van der Waals surface area (Å²) in [7, 11) is 0. The summed E-state index contributed by atoms with van der Waals surface area (Å²) in [5.74, 6) is 0.488. The van der Waals surface area contributed by atoms with Crippen LogP contribution in [-0.2, 0) is 17.8 Å². The standard InChI is InChI=1S/C22H20N2O2S/c25-22(11-10-20-5-4-14-26-20)23-19-9-8-17-12-13-24(16-18(17)15-19)27-21-6-2-1-3-7-21/h1-11,14-15H,12-13,16H2,(H,23,25)/b11-10+. The lowest BCUT2D eigenvalue weighted by molar-refractivity contribution is -0.111. The number of anilines is 1. The minimum atomic E-state index is -0.169. The number of nitrogens with zero attached hydrogens (tertiary/aromatic N) is 1. The molecule has 4 nitrogen and oxygen atoms in total. The van der Waals surface area contributed by atoms with Crippen LogP contribution in [0.3, 0.4) is 0 Å². The van der Waals surface area contributed by atoms with Gasteiger partial charge in [-0.1, -0.05) is 24.3 Å². The molecule has 0 saturated heterocycles. The molecule has 5 heteroatoms. The van der Waals surface area contributed by atoms with Crippen LogP contribution in [-0.4, -0.2) is 16.8 Å². The van der Waals surface area contributed by atoms with Gasteiger partial charge in [0.25, 0.3) is 0 Å². The Morgan fingerprint density at radius 2 is 1.96 bits per heavy atom. The molecule has 0 saturated carbocycles. The lowest BCUT2D eigenvalue weighted by Gasteiger charge is -2.28. The molecule has 1 aromatic heterocycles. The van der Waals surface area contributed by atoms with E-state index in [0.717, 1.165) is 25.2 Å². The molecule has 0 bridgehead atoms. The lowest BCUT2D eigenvalue weighted by atomic mass is 10.0. The zero-order valence-corrected chi connectivity index (χ0v) is 15.6. The third-order valence-electron chi connectivity index (χ3n) is 4.37. The minimum Gasteiger partial charge on any atom is -0.465 e. The van der Waals surface area contributed by atoms with Crippen LogP contribution in [0.15, 0.2) is 82.3 Å². The highest BCUT2D eigenvalue weighted by atomic mass is 32.2. The second kappa shape index (κ2) is 8.29. The Labute approximate surface area is 163 Å². The Morgan fingerprint density at radius 1 is 1.07 bits per heavy atom. The maximum atomic E-state index is 12.1. The van der Waals surface area contributed by atoms with Crippen LogP contribution >= 0.6 is 11.9 Å². The van der Waals surface area contributed by atoms with Gasteiger partial charge in [-0.25, -0.2) is 4.31 Å². The van der Waals surface area contributed by atoms with Gasteiger partial charge in [-0.15, -0.1) is 0 Å². The van der Waals surface area contributed by atoms with E-state index in [1.54, 1.807) is 30.4 Å². The number of fused-ring (bicyclic) bond motifs is 1. The number of nitrogens with one attached hydrogen (secondary N) is 1. The minimum absolute atomic E-state index is 0.169. The number of carbonyl (C=O) groups excluding carboxylic acids is 1. The van der Waals surface area contributed by atoms with Gasteiger partial charge in [0.1, 0.15) is 5.76 Å². The average Bonchev–Trinajstić information content (AvgIpc) is 3.21. The van der Waals surface area contributed by atoms with Crippen LogP contribution in [0.4, 0.5) is 5.69 Å². The van der Waals surface area contributed by atoms with Crippen molar-refractivity contribution in [2.75, 3.05) is 11.9 Å². The first kappa shape index (κ1) is 17.6. The summed E-state index contributed by atoms with van der Waals surface area (Å²) in [5, 5.41) is 2.93. The molecule has 2 heterocycles. The van der Waals surface area contributed by atoms with E-state index in [0.29, 0.717) is 5.76 Å². The first-order valence-electron chi connectivity index (χ1n) is 8.88. The molecule has 0 spiro atoms. The van der Waals surface area contributed by atoms with E-state index in [4.69, 9.17) is 4.42 Å². The molecular weight excluding hydrogens is 356 g/mol. The van der Waals surface area contributed by atoms with Crippen LogP contribution < -0.4 is 5.32 Å². The molecular formula is C22H20N2O2S. The maximum Gasteiger partial charge on any atom is 0.248 e. The molecule has 136 valence electrons. The predicted molar refractivity (Wildman–Crippen MR) is 109 cm³/mol. The van der Waals surface area contributed by atoms with Gasteiger partial charge in [-0.05, 0) is 72.0 Å². The van der Waals surface area contributed by atoms with Crippen molar-refractivity contribution >= 4 is 29.6 Å². The Hall–Kier alpha value is -2.76. The lowest BCUT2D eigenvalue weighted by Crippen LogP contribution is -2.24. The fourth-order valence-electron chi connectivity index (χ4n) is 3.05. The monoisotopic (exact) mass is 376 g/mol. The normalized spacial score (nSPS) is 14.2. The van der Waals surface area contributed by atoms with E-state index in [1.807, 2.05) is 18.2 Å². The summed E-state index contributed by atoms with van der Waals surface area (Å²) in [6.45, 7) is 1.88. The summed E-state index contributed by atoms with van der Waals surface area (Å²) in [6, 6.07) is 20.2. The highest BCUT2D eigenvalue weighted by Gasteiger charge is 2.17. The van der Waals surface area contributed by atoms with Crippen molar-refractivity contribution in [1.82, 2.24) is 4.31 Å². The van der Waals surface area contributed by atoms with E-state index < -0.39 is 0 Å². The van der Waals surface area contributed by atoms with E-state index in [9.17, 15) is 4.79 Å². The van der Waals surface area contributed by atoms with Gasteiger partial charge < -0.3 is 9.73 Å². The van der Waals surface area contributed by atoms with E-state index in [1.165, 1.54) is 22.1 Å². The third kappa shape index (κ3) is 4.70. The molecule has 0 unspecified atom stereocenters. The predicted octanol–water partition coefficient (Wildman–Crippen LogP) is 5.00. The fraction of sp³-hybridized carbons (Fsp3) is 0.136. The topological polar surface area (TPSA) is 45.5 Å². The first-order chi connectivity index (χ1) is 13.3. The molecule has 0 aliphatic carbocycles. The largest absolute Gasteiger partial charge is 0.465 e. The SMILES string of the molecule is O=C(/C=C/c1ccco1)Nc1ccc2c(c1)CN(Sc1ccccc1)CC2. The summed E-state index contributed by atoms with van der Waals surface area (Å²) < 4.78 is 7.56. The number of rotatable bonds is 5. The number of benzene rings is 2. The van der Waals surface area contributed by atoms with Crippen LogP contribution in [0, 0.1) is 0 Å². The summed E-state index contributed by atoms with van der Waals surface area (Å²) >= 11 is 1.78. The molecule has 1 aliphatic rings. The van der Waals surface area contributed by atoms with Crippen LogP contribution in [0.2, 0.25) is 0 Å². The van der Waals surface area contributed by atoms with Crippen molar-refractivity contribution in [2.45, 2.75) is 17.9 Å². The number of amides is 1. The van der Waals surface area contributed by atoms with Gasteiger partial charge >= 0.3 is 0 Å². The molecule has 1 aliphatic heterocycles. The Kier molecular flexibility index (Phi) is 5.42. The summed E-state index contributed by atoms with van der Waals surface area (Å²) in [5.41, 5.74) is 3.43. The molecule has 0 atom stereocenters. The van der Waals surface area contributed by atoms with E-state index >= 15 is 0 Å². The Balaban J connectivity index is 1.40. The molecule has 1 N–H and O–H groups in total. The summed E-state index contributed by atoms with van der Waals surface area (Å²) in [4.78, 5) is 13.4. The summed E-state index contributed by atoms with van der Waals surface area (Å²) in [6.07, 6.45) is 5.74. The number of carbonyl (C=O) groups is 1. The molecule has 4 rings (SSSR count). The van der Waals surface area contributed by atoms with Gasteiger partial charge in [-0.2, -0.15) is 0 Å². The van der Waals surface area contributed by atoms with Crippen molar-refractivity contribution in [2.24, 2.45) is 0 Å². The van der Waals surface area contributed by atoms with Gasteiger partial charge in [0.15, 0.2) is 0 Å². The van der Waals surface area contributed by atoms with Crippen LogP contribution in [0.1, 0.15) is 16.9 Å². The number of hydrogen-bond donors (Lipinski definition) is 1. The second-order valence-electron chi connectivity index (χ2n) is 6.34. The highest BCUT2D eigenvalue weighted by molar-refractivity contribution is 7.97. The molecule has 3 aromatic rings. The van der Waals surface area contributed by atoms with Gasteiger partial charge in [0.2, 0.25) is 5.91 Å². The van der Waals surface area contributed by atoms with Crippen molar-refractivity contribution in [3.63, 3.8) is 0 Å². The van der Waals surface area contributed by atoms with Gasteiger partial charge in [0, 0.05) is 29.7 Å². The van der Waals surface area contributed by atoms with E-state index in [-0.39, 0.29) is 5.91 Å². The van der Waals surface area contributed by atoms with Crippen molar-refractivity contribution in [3.05, 3.63) is 89.9 Å². The van der Waals surface area contributed by atoms with Crippen molar-refractivity contribution < 1.29 is 9.21 Å². The number of furan rings is 1. The van der Waals surface area contributed by atoms with Gasteiger partial charge in [0.05, 0.1) is 6.26 Å². The zero-order valence-electron chi connectivity index (χ0n) is 14.8. The molecule has 2 aromatic carbocycles. The third-order valence-corrected chi connectivity index (χ3v) is 5.42. The molecule has 1 amide bonds. The quantitative estimate of drug-likeness (QED) is 0.503. The van der Waals surface area contributed by atoms with Crippen LogP contribution in [0.5, 0.6) is 0 Å². The number of hydrogen-bond acceptors (Lipinski definition) is 4. The molecule has 27 heavy (non-hydrogen) atoms. The molecule has 0 fully saturated rings. The van der Waals surface area contributed by atoms with Crippen LogP contribution in [0.25, 0.3) is 6.08 Å². The smallest absolute Gasteiger partial charge is 0.248 e. The Morgan fingerprint density at radius 3 is 2.78 bits per heavy atom. The fourth-order valence-corrected chi connectivity index (χ4v) is 4.01. The highest BCUT2D eigenvalue weighted by Crippen LogP contribution is 2.30. The van der Waals surface area contributed by atoms with E-state index in [2.05, 4.69) is 46.0 Å². The maximum absolute atomic E-state index is 12.1. The van der Waals surface area contributed by atoms with Crippen molar-refractivity contribution in [1.29, 1.82) is 0 Å². The zero-order chi connectivity index (χ0) is 18.5. The van der Waals surface area contributed by atoms with Crippen molar-refractivity contribution in [3.8, 4) is 0 Å².